The summed E-state index contributed by atoms with van der Waals surface area (Å²) in [5.41, 5.74) is 0. The van der Waals surface area contributed by atoms with E-state index in [1.807, 2.05) is 7.05 Å². The molecule has 1 atom stereocenters. The maximum Gasteiger partial charge on any atom is 0.0634 e. The smallest absolute Gasteiger partial charge is 0.0634 e. The lowest BCUT2D eigenvalue weighted by Gasteiger charge is -2.39. The minimum atomic E-state index is 0.606. The van der Waals surface area contributed by atoms with Gasteiger partial charge >= 0.3 is 0 Å². The summed E-state index contributed by atoms with van der Waals surface area (Å²) >= 11 is 0. The number of nitrogens with one attached hydrogen (secondary N) is 1. The first-order chi connectivity index (χ1) is 6.90. The molecule has 2 aliphatic rings. The van der Waals surface area contributed by atoms with Crippen LogP contribution in [0.2, 0.25) is 0 Å². The Bertz CT molecular complexity index is 169. The van der Waals surface area contributed by atoms with Gasteiger partial charge in [0, 0.05) is 25.7 Å². The highest BCUT2D eigenvalue weighted by Crippen LogP contribution is 2.28. The molecular weight excluding hydrogens is 176 g/mol. The van der Waals surface area contributed by atoms with Crippen molar-refractivity contribution < 1.29 is 4.74 Å². The molecular formula is C11H22N2O. The van der Waals surface area contributed by atoms with Gasteiger partial charge in [-0.15, -0.1) is 0 Å². The molecule has 3 nitrogen and oxygen atoms in total. The molecule has 14 heavy (non-hydrogen) atoms. The van der Waals surface area contributed by atoms with E-state index in [1.54, 1.807) is 0 Å². The van der Waals surface area contributed by atoms with Crippen molar-refractivity contribution in [3.05, 3.63) is 0 Å². The highest BCUT2D eigenvalue weighted by atomic mass is 16.5. The summed E-state index contributed by atoms with van der Waals surface area (Å²) in [6.07, 6.45) is 4.35. The van der Waals surface area contributed by atoms with E-state index in [1.165, 1.54) is 25.8 Å². The minimum Gasteiger partial charge on any atom is -0.378 e. The Morgan fingerprint density at radius 3 is 2.93 bits per heavy atom. The monoisotopic (exact) mass is 198 g/mol. The van der Waals surface area contributed by atoms with Crippen LogP contribution in [0.1, 0.15) is 19.3 Å². The molecule has 1 aliphatic heterocycles. The molecule has 0 spiro atoms. The number of ether oxygens (including phenoxy) is 1. The van der Waals surface area contributed by atoms with Crippen LogP contribution in [0, 0.1) is 5.92 Å². The third kappa shape index (κ3) is 2.47. The fourth-order valence-electron chi connectivity index (χ4n) is 2.36. The van der Waals surface area contributed by atoms with E-state index in [-0.39, 0.29) is 0 Å². The van der Waals surface area contributed by atoms with Crippen LogP contribution in [0.5, 0.6) is 0 Å². The molecule has 0 aromatic rings. The summed E-state index contributed by atoms with van der Waals surface area (Å²) in [6.45, 7) is 5.33. The van der Waals surface area contributed by atoms with Crippen molar-refractivity contribution in [1.29, 1.82) is 0 Å². The van der Waals surface area contributed by atoms with Gasteiger partial charge in [-0.2, -0.15) is 0 Å². The van der Waals surface area contributed by atoms with Crippen molar-refractivity contribution in [1.82, 2.24) is 10.2 Å². The Labute approximate surface area is 86.8 Å². The summed E-state index contributed by atoms with van der Waals surface area (Å²) in [5, 5.41) is 3.26. The maximum absolute atomic E-state index is 5.52. The van der Waals surface area contributed by atoms with E-state index in [9.17, 15) is 0 Å². The van der Waals surface area contributed by atoms with Crippen LogP contribution in [-0.4, -0.2) is 50.8 Å². The molecule has 0 bridgehead atoms. The molecule has 1 saturated carbocycles. The predicted molar refractivity (Wildman–Crippen MR) is 57.4 cm³/mol. The SMILES string of the molecule is CNCC1COCCN1CC1CCC1. The minimum absolute atomic E-state index is 0.606. The molecule has 1 unspecified atom stereocenters. The third-order valence-electron chi connectivity index (χ3n) is 3.51. The molecule has 2 fully saturated rings. The molecule has 0 radical (unpaired) electrons. The predicted octanol–water partition coefficient (Wildman–Crippen LogP) is 0.707. The van der Waals surface area contributed by atoms with Gasteiger partial charge in [-0.25, -0.2) is 0 Å². The molecule has 1 saturated heterocycles. The summed E-state index contributed by atoms with van der Waals surface area (Å²) in [4.78, 5) is 2.61. The van der Waals surface area contributed by atoms with Crippen LogP contribution >= 0.6 is 0 Å². The first kappa shape index (κ1) is 10.4. The van der Waals surface area contributed by atoms with E-state index in [4.69, 9.17) is 4.74 Å². The highest BCUT2D eigenvalue weighted by Gasteiger charge is 2.27. The molecule has 1 N–H and O–H groups in total. The van der Waals surface area contributed by atoms with E-state index in [0.29, 0.717) is 6.04 Å². The summed E-state index contributed by atoms with van der Waals surface area (Å²) in [5.74, 6) is 0.979. The quantitative estimate of drug-likeness (QED) is 0.720. The molecule has 0 aromatic carbocycles. The van der Waals surface area contributed by atoms with Crippen LogP contribution in [0.4, 0.5) is 0 Å². The first-order valence-electron chi connectivity index (χ1n) is 5.86. The fourth-order valence-corrected chi connectivity index (χ4v) is 2.36. The van der Waals surface area contributed by atoms with Crippen LogP contribution in [0.15, 0.2) is 0 Å². The lowest BCUT2D eigenvalue weighted by atomic mass is 9.85. The van der Waals surface area contributed by atoms with Gasteiger partial charge in [0.05, 0.1) is 13.2 Å². The summed E-state index contributed by atoms with van der Waals surface area (Å²) in [6, 6.07) is 0.606. The zero-order valence-corrected chi connectivity index (χ0v) is 9.17. The second-order valence-corrected chi connectivity index (χ2v) is 4.58. The van der Waals surface area contributed by atoms with Crippen LogP contribution in [0.3, 0.4) is 0 Å². The Balaban J connectivity index is 1.78. The van der Waals surface area contributed by atoms with Gasteiger partial charge in [-0.3, -0.25) is 4.90 Å². The van der Waals surface area contributed by atoms with Gasteiger partial charge in [0.15, 0.2) is 0 Å². The maximum atomic E-state index is 5.52. The van der Waals surface area contributed by atoms with Crippen molar-refractivity contribution in [3.8, 4) is 0 Å². The van der Waals surface area contributed by atoms with Crippen LogP contribution in [-0.2, 0) is 4.74 Å². The molecule has 82 valence electrons. The van der Waals surface area contributed by atoms with Gasteiger partial charge in [-0.05, 0) is 25.8 Å². The zero-order chi connectivity index (χ0) is 9.80. The molecule has 1 heterocycles. The normalized spacial score (nSPS) is 30.2. The number of hydrogen-bond donors (Lipinski definition) is 1. The van der Waals surface area contributed by atoms with Gasteiger partial charge in [-0.1, -0.05) is 6.42 Å². The first-order valence-corrected chi connectivity index (χ1v) is 5.86. The van der Waals surface area contributed by atoms with E-state index < -0.39 is 0 Å². The van der Waals surface area contributed by atoms with Crippen molar-refractivity contribution in [3.63, 3.8) is 0 Å². The Kier molecular flexibility index (Phi) is 3.79. The van der Waals surface area contributed by atoms with Crippen molar-refractivity contribution in [2.75, 3.05) is 39.9 Å². The lowest BCUT2D eigenvalue weighted by Crippen LogP contribution is -2.51. The van der Waals surface area contributed by atoms with Crippen LogP contribution < -0.4 is 5.32 Å². The van der Waals surface area contributed by atoms with Crippen molar-refractivity contribution in [2.24, 2.45) is 5.92 Å². The number of nitrogens with zero attached hydrogens (tertiary/aromatic N) is 1. The Hall–Kier alpha value is -0.120. The lowest BCUT2D eigenvalue weighted by molar-refractivity contribution is -0.0185. The number of hydrogen-bond acceptors (Lipinski definition) is 3. The Morgan fingerprint density at radius 1 is 1.43 bits per heavy atom. The molecule has 0 aromatic heterocycles. The van der Waals surface area contributed by atoms with E-state index in [2.05, 4.69) is 10.2 Å². The average Bonchev–Trinajstić information content (AvgIpc) is 2.14. The van der Waals surface area contributed by atoms with Crippen molar-refractivity contribution in [2.45, 2.75) is 25.3 Å². The molecule has 2 rings (SSSR count). The molecule has 1 aliphatic carbocycles. The van der Waals surface area contributed by atoms with Gasteiger partial charge < -0.3 is 10.1 Å². The second kappa shape index (κ2) is 5.10. The second-order valence-electron chi connectivity index (χ2n) is 4.58. The largest absolute Gasteiger partial charge is 0.378 e. The topological polar surface area (TPSA) is 24.5 Å². The average molecular weight is 198 g/mol. The van der Waals surface area contributed by atoms with E-state index >= 15 is 0 Å². The van der Waals surface area contributed by atoms with Crippen LogP contribution in [0.25, 0.3) is 0 Å². The van der Waals surface area contributed by atoms with Gasteiger partial charge in [0.25, 0.3) is 0 Å². The number of rotatable bonds is 4. The van der Waals surface area contributed by atoms with Crippen molar-refractivity contribution >= 4 is 0 Å². The fraction of sp³-hybridized carbons (Fsp3) is 1.00. The standard InChI is InChI=1S/C11H22N2O/c1-12-7-11-9-14-6-5-13(11)8-10-3-2-4-10/h10-12H,2-9H2,1H3. The number of likely N-dealkylation sites (N-methyl/N-ethyl adjacent to an activating group) is 1. The third-order valence-corrected chi connectivity index (χ3v) is 3.51. The Morgan fingerprint density at radius 2 is 2.29 bits per heavy atom. The molecule has 0 amide bonds. The van der Waals surface area contributed by atoms with E-state index in [0.717, 1.165) is 32.2 Å². The van der Waals surface area contributed by atoms with Gasteiger partial charge in [0.1, 0.15) is 0 Å². The summed E-state index contributed by atoms with van der Waals surface area (Å²) in [7, 11) is 2.02. The summed E-state index contributed by atoms with van der Waals surface area (Å²) < 4.78 is 5.52. The number of morpholine rings is 1. The van der Waals surface area contributed by atoms with Gasteiger partial charge in [0.2, 0.25) is 0 Å². The molecule has 3 heteroatoms. The highest BCUT2D eigenvalue weighted by molar-refractivity contribution is 4.81. The zero-order valence-electron chi connectivity index (χ0n) is 9.17.